The summed E-state index contributed by atoms with van der Waals surface area (Å²) in [6.45, 7) is 5.62. The fourth-order valence-electron chi connectivity index (χ4n) is 1.89. The summed E-state index contributed by atoms with van der Waals surface area (Å²) in [4.78, 5) is 3.96. The second kappa shape index (κ2) is 5.80. The Morgan fingerprint density at radius 2 is 2.31 bits per heavy atom. The van der Waals surface area contributed by atoms with Gasteiger partial charge >= 0.3 is 0 Å². The van der Waals surface area contributed by atoms with Crippen LogP contribution in [-0.2, 0) is 13.0 Å². The maximum atomic E-state index is 3.56. The molecule has 1 heterocycles. The van der Waals surface area contributed by atoms with Gasteiger partial charge in [-0.1, -0.05) is 6.92 Å². The molecule has 1 aliphatic carbocycles. The Kier molecular flexibility index (Phi) is 4.38. The largest absolute Gasteiger partial charge is 0.313 e. The van der Waals surface area contributed by atoms with Gasteiger partial charge in [0.05, 0.1) is 0 Å². The highest BCUT2D eigenvalue weighted by Crippen LogP contribution is 2.19. The molecule has 1 saturated carbocycles. The molecular formula is C13H22N2S. The summed E-state index contributed by atoms with van der Waals surface area (Å²) >= 11 is 1.89. The molecule has 2 rings (SSSR count). The lowest BCUT2D eigenvalue weighted by atomic mass is 10.2. The van der Waals surface area contributed by atoms with Crippen molar-refractivity contribution in [2.45, 2.75) is 38.8 Å². The van der Waals surface area contributed by atoms with Gasteiger partial charge in [-0.3, -0.25) is 0 Å². The smallest absolute Gasteiger partial charge is 0.0328 e. The van der Waals surface area contributed by atoms with E-state index in [9.17, 15) is 0 Å². The van der Waals surface area contributed by atoms with Crippen LogP contribution in [-0.4, -0.2) is 31.1 Å². The zero-order valence-corrected chi connectivity index (χ0v) is 11.1. The molecule has 0 unspecified atom stereocenters. The monoisotopic (exact) mass is 238 g/mol. The van der Waals surface area contributed by atoms with Gasteiger partial charge in [-0.15, -0.1) is 11.3 Å². The first kappa shape index (κ1) is 12.1. The number of thiophene rings is 1. The predicted molar refractivity (Wildman–Crippen MR) is 71.1 cm³/mol. The van der Waals surface area contributed by atoms with Crippen molar-refractivity contribution in [1.82, 2.24) is 10.2 Å². The van der Waals surface area contributed by atoms with Crippen LogP contribution in [0.5, 0.6) is 0 Å². The van der Waals surface area contributed by atoms with Crippen LogP contribution in [0.15, 0.2) is 11.4 Å². The van der Waals surface area contributed by atoms with Gasteiger partial charge in [0.1, 0.15) is 0 Å². The van der Waals surface area contributed by atoms with Crippen molar-refractivity contribution in [2.24, 2.45) is 0 Å². The predicted octanol–water partition coefficient (Wildman–Crippen LogP) is 2.49. The average molecular weight is 238 g/mol. The van der Waals surface area contributed by atoms with E-state index in [4.69, 9.17) is 0 Å². The molecule has 1 aliphatic rings. The van der Waals surface area contributed by atoms with Crippen LogP contribution in [0.2, 0.25) is 0 Å². The summed E-state index contributed by atoms with van der Waals surface area (Å²) in [5.74, 6) is 0. The van der Waals surface area contributed by atoms with Crippen molar-refractivity contribution >= 4 is 11.3 Å². The molecule has 16 heavy (non-hydrogen) atoms. The highest BCUT2D eigenvalue weighted by atomic mass is 32.1. The van der Waals surface area contributed by atoms with E-state index in [-0.39, 0.29) is 0 Å². The van der Waals surface area contributed by atoms with E-state index < -0.39 is 0 Å². The molecule has 90 valence electrons. The summed E-state index contributed by atoms with van der Waals surface area (Å²) in [7, 11) is 2.22. The zero-order valence-electron chi connectivity index (χ0n) is 10.3. The highest BCUT2D eigenvalue weighted by Gasteiger charge is 2.19. The normalized spacial score (nSPS) is 15.9. The second-order valence-corrected chi connectivity index (χ2v) is 5.69. The standard InChI is InChI=1S/C13H22N2S/c1-3-11-6-9-16-13(11)10-15(2)8-7-14-12-4-5-12/h6,9,12,14H,3-5,7-8,10H2,1-2H3. The third kappa shape index (κ3) is 3.58. The van der Waals surface area contributed by atoms with E-state index in [0.29, 0.717) is 0 Å². The third-order valence-electron chi connectivity index (χ3n) is 3.14. The first-order valence-electron chi connectivity index (χ1n) is 6.26. The van der Waals surface area contributed by atoms with E-state index in [2.05, 4.69) is 35.6 Å². The zero-order chi connectivity index (χ0) is 11.4. The summed E-state index contributed by atoms with van der Waals surface area (Å²) in [5.41, 5.74) is 1.52. The van der Waals surface area contributed by atoms with Crippen LogP contribution in [0.25, 0.3) is 0 Å². The molecular weight excluding hydrogens is 216 g/mol. The summed E-state index contributed by atoms with van der Waals surface area (Å²) in [6.07, 6.45) is 3.93. The van der Waals surface area contributed by atoms with E-state index in [1.165, 1.54) is 23.3 Å². The molecule has 3 heteroatoms. The molecule has 0 amide bonds. The van der Waals surface area contributed by atoms with E-state index in [1.807, 2.05) is 11.3 Å². The van der Waals surface area contributed by atoms with Crippen LogP contribution in [0.1, 0.15) is 30.2 Å². The second-order valence-electron chi connectivity index (χ2n) is 4.69. The number of likely N-dealkylation sites (N-methyl/N-ethyl adjacent to an activating group) is 1. The molecule has 0 aromatic carbocycles. The molecule has 0 atom stereocenters. The average Bonchev–Trinajstić information content (AvgIpc) is 2.98. The van der Waals surface area contributed by atoms with E-state index in [0.717, 1.165) is 32.1 Å². The minimum Gasteiger partial charge on any atom is -0.313 e. The van der Waals surface area contributed by atoms with Crippen LogP contribution < -0.4 is 5.32 Å². The van der Waals surface area contributed by atoms with Crippen LogP contribution >= 0.6 is 11.3 Å². The SMILES string of the molecule is CCc1ccsc1CN(C)CCNC1CC1. The van der Waals surface area contributed by atoms with Gasteiger partial charge in [-0.05, 0) is 43.3 Å². The minimum atomic E-state index is 0.835. The van der Waals surface area contributed by atoms with Crippen molar-refractivity contribution in [1.29, 1.82) is 0 Å². The molecule has 0 spiro atoms. The first-order chi connectivity index (χ1) is 7.79. The fourth-order valence-corrected chi connectivity index (χ4v) is 2.95. The molecule has 1 N–H and O–H groups in total. The number of nitrogens with one attached hydrogen (secondary N) is 1. The Hall–Kier alpha value is -0.380. The number of nitrogens with zero attached hydrogens (tertiary/aromatic N) is 1. The molecule has 1 aromatic heterocycles. The number of hydrogen-bond donors (Lipinski definition) is 1. The Morgan fingerprint density at radius 1 is 1.50 bits per heavy atom. The quantitative estimate of drug-likeness (QED) is 0.785. The van der Waals surface area contributed by atoms with Gasteiger partial charge < -0.3 is 10.2 Å². The van der Waals surface area contributed by atoms with E-state index in [1.54, 1.807) is 0 Å². The van der Waals surface area contributed by atoms with Gasteiger partial charge in [0, 0.05) is 30.6 Å². The van der Waals surface area contributed by atoms with Gasteiger partial charge in [0.25, 0.3) is 0 Å². The van der Waals surface area contributed by atoms with Crippen molar-refractivity contribution in [2.75, 3.05) is 20.1 Å². The molecule has 1 aromatic rings. The first-order valence-corrected chi connectivity index (χ1v) is 7.14. The van der Waals surface area contributed by atoms with Gasteiger partial charge in [-0.2, -0.15) is 0 Å². The summed E-state index contributed by atoms with van der Waals surface area (Å²) in [6, 6.07) is 3.09. The third-order valence-corrected chi connectivity index (χ3v) is 4.08. The Morgan fingerprint density at radius 3 is 3.00 bits per heavy atom. The number of aryl methyl sites for hydroxylation is 1. The van der Waals surface area contributed by atoms with Crippen molar-refractivity contribution in [3.8, 4) is 0 Å². The lowest BCUT2D eigenvalue weighted by Crippen LogP contribution is -2.30. The molecule has 1 fully saturated rings. The molecule has 0 radical (unpaired) electrons. The number of hydrogen-bond acceptors (Lipinski definition) is 3. The number of rotatable bonds is 7. The van der Waals surface area contributed by atoms with Gasteiger partial charge in [0.15, 0.2) is 0 Å². The van der Waals surface area contributed by atoms with Crippen LogP contribution in [0.4, 0.5) is 0 Å². The molecule has 2 nitrogen and oxygen atoms in total. The highest BCUT2D eigenvalue weighted by molar-refractivity contribution is 7.10. The lowest BCUT2D eigenvalue weighted by Gasteiger charge is -2.16. The summed E-state index contributed by atoms with van der Waals surface area (Å²) in [5, 5.41) is 5.77. The van der Waals surface area contributed by atoms with Crippen molar-refractivity contribution < 1.29 is 0 Å². The topological polar surface area (TPSA) is 15.3 Å². The maximum absolute atomic E-state index is 3.56. The minimum absolute atomic E-state index is 0.835. The fraction of sp³-hybridized carbons (Fsp3) is 0.692. The Bertz CT molecular complexity index is 317. The Labute approximate surface area is 103 Å². The van der Waals surface area contributed by atoms with Gasteiger partial charge in [-0.25, -0.2) is 0 Å². The van der Waals surface area contributed by atoms with Crippen LogP contribution in [0, 0.1) is 0 Å². The molecule has 0 bridgehead atoms. The summed E-state index contributed by atoms with van der Waals surface area (Å²) < 4.78 is 0. The van der Waals surface area contributed by atoms with Crippen LogP contribution in [0.3, 0.4) is 0 Å². The van der Waals surface area contributed by atoms with Crippen molar-refractivity contribution in [3.63, 3.8) is 0 Å². The molecule has 0 saturated heterocycles. The van der Waals surface area contributed by atoms with Crippen molar-refractivity contribution in [3.05, 3.63) is 21.9 Å². The maximum Gasteiger partial charge on any atom is 0.0328 e. The molecule has 0 aliphatic heterocycles. The van der Waals surface area contributed by atoms with Gasteiger partial charge in [0.2, 0.25) is 0 Å². The Balaban J connectivity index is 1.70. The lowest BCUT2D eigenvalue weighted by molar-refractivity contribution is 0.326. The van der Waals surface area contributed by atoms with E-state index >= 15 is 0 Å².